The van der Waals surface area contributed by atoms with Gasteiger partial charge in [0.05, 0.1) is 6.42 Å². The van der Waals surface area contributed by atoms with Gasteiger partial charge in [0.25, 0.3) is 0 Å². The van der Waals surface area contributed by atoms with Gasteiger partial charge in [0.2, 0.25) is 0 Å². The van der Waals surface area contributed by atoms with E-state index >= 15 is 0 Å². The number of rotatable bonds is 3. The monoisotopic (exact) mass is 234 g/mol. The van der Waals surface area contributed by atoms with Gasteiger partial charge >= 0.3 is 5.97 Å². The van der Waals surface area contributed by atoms with Crippen LogP contribution in [0.25, 0.3) is 11.0 Å². The Hall–Kier alpha value is -1.81. The number of carboxylic acids is 1. The van der Waals surface area contributed by atoms with Crippen LogP contribution < -0.4 is 0 Å². The van der Waals surface area contributed by atoms with Crippen molar-refractivity contribution in [3.8, 4) is 0 Å². The van der Waals surface area contributed by atoms with Gasteiger partial charge in [-0.05, 0) is 25.5 Å². The molecule has 1 unspecified atom stereocenters. The molecule has 0 saturated carbocycles. The highest BCUT2D eigenvalue weighted by molar-refractivity contribution is 5.85. The van der Waals surface area contributed by atoms with Crippen LogP contribution in [0.3, 0.4) is 0 Å². The Morgan fingerprint density at radius 2 is 2.12 bits per heavy atom. The zero-order valence-electron chi connectivity index (χ0n) is 9.73. The number of hydrogen-bond acceptors (Lipinski definition) is 3. The first-order valence-corrected chi connectivity index (χ1v) is 5.39. The number of carboxylic acid groups (broad SMARTS) is 1. The third-order valence-corrected chi connectivity index (χ3v) is 2.87. The first-order chi connectivity index (χ1) is 8.00. The molecule has 1 aromatic carbocycles. The molecule has 2 rings (SSSR count). The van der Waals surface area contributed by atoms with Crippen LogP contribution in [-0.4, -0.2) is 16.2 Å². The first kappa shape index (κ1) is 11.7. The standard InChI is InChI=1S/C13H14O4/c1-7-4-3-5-10-12(7)8(2)13(17-10)9(14)6-11(15)16/h3-5,9,14H,6H2,1-2H3,(H,15,16). The summed E-state index contributed by atoms with van der Waals surface area (Å²) in [5, 5.41) is 19.4. The molecule has 0 amide bonds. The number of fused-ring (bicyclic) bond motifs is 1. The quantitative estimate of drug-likeness (QED) is 0.856. The van der Waals surface area contributed by atoms with Crippen molar-refractivity contribution in [2.75, 3.05) is 0 Å². The highest BCUT2D eigenvalue weighted by atomic mass is 16.4. The molecule has 2 N–H and O–H groups in total. The van der Waals surface area contributed by atoms with Crippen LogP contribution in [0.4, 0.5) is 0 Å². The zero-order valence-corrected chi connectivity index (χ0v) is 9.73. The van der Waals surface area contributed by atoms with E-state index in [4.69, 9.17) is 9.52 Å². The SMILES string of the molecule is Cc1cccc2oc(C(O)CC(=O)O)c(C)c12. The van der Waals surface area contributed by atoms with E-state index in [-0.39, 0.29) is 6.42 Å². The normalized spacial score (nSPS) is 12.9. The van der Waals surface area contributed by atoms with E-state index < -0.39 is 12.1 Å². The predicted octanol–water partition coefficient (Wildman–Crippen LogP) is 2.56. The van der Waals surface area contributed by atoms with Crippen LogP contribution in [0, 0.1) is 13.8 Å². The molecule has 1 atom stereocenters. The Kier molecular flexibility index (Phi) is 2.90. The molecular weight excluding hydrogens is 220 g/mol. The number of aliphatic carboxylic acids is 1. The first-order valence-electron chi connectivity index (χ1n) is 5.39. The Morgan fingerprint density at radius 3 is 2.71 bits per heavy atom. The maximum atomic E-state index is 10.6. The molecule has 0 saturated heterocycles. The van der Waals surface area contributed by atoms with Crippen molar-refractivity contribution in [2.24, 2.45) is 0 Å². The van der Waals surface area contributed by atoms with Gasteiger partial charge in [-0.25, -0.2) is 0 Å². The average molecular weight is 234 g/mol. The van der Waals surface area contributed by atoms with E-state index in [1.165, 1.54) is 0 Å². The number of hydrogen-bond donors (Lipinski definition) is 2. The van der Waals surface area contributed by atoms with Crippen LogP contribution in [0.2, 0.25) is 0 Å². The highest BCUT2D eigenvalue weighted by Gasteiger charge is 2.21. The van der Waals surface area contributed by atoms with E-state index in [0.717, 1.165) is 16.5 Å². The minimum atomic E-state index is -1.10. The average Bonchev–Trinajstić information content (AvgIpc) is 2.56. The van der Waals surface area contributed by atoms with Gasteiger partial charge in [-0.3, -0.25) is 4.79 Å². The molecular formula is C13H14O4. The highest BCUT2D eigenvalue weighted by Crippen LogP contribution is 2.32. The third-order valence-electron chi connectivity index (χ3n) is 2.87. The Labute approximate surface area is 98.5 Å². The summed E-state index contributed by atoms with van der Waals surface area (Å²) in [4.78, 5) is 10.6. The molecule has 4 heteroatoms. The van der Waals surface area contributed by atoms with Crippen LogP contribution in [0.5, 0.6) is 0 Å². The Morgan fingerprint density at radius 1 is 1.41 bits per heavy atom. The van der Waals surface area contributed by atoms with Gasteiger partial charge in [0.15, 0.2) is 0 Å². The maximum Gasteiger partial charge on any atom is 0.306 e. The van der Waals surface area contributed by atoms with Crippen molar-refractivity contribution in [3.05, 3.63) is 35.1 Å². The van der Waals surface area contributed by atoms with Crippen LogP contribution in [-0.2, 0) is 4.79 Å². The fourth-order valence-corrected chi connectivity index (χ4v) is 2.10. The van der Waals surface area contributed by atoms with Crippen molar-refractivity contribution in [3.63, 3.8) is 0 Å². The molecule has 0 spiro atoms. The number of aliphatic hydroxyl groups is 1. The topological polar surface area (TPSA) is 70.7 Å². The van der Waals surface area contributed by atoms with Gasteiger partial charge < -0.3 is 14.6 Å². The lowest BCUT2D eigenvalue weighted by Crippen LogP contribution is -2.05. The largest absolute Gasteiger partial charge is 0.481 e. The fraction of sp³-hybridized carbons (Fsp3) is 0.308. The second-order valence-corrected chi connectivity index (χ2v) is 4.15. The van der Waals surface area contributed by atoms with Gasteiger partial charge in [-0.15, -0.1) is 0 Å². The third kappa shape index (κ3) is 2.03. The van der Waals surface area contributed by atoms with Crippen molar-refractivity contribution >= 4 is 16.9 Å². The van der Waals surface area contributed by atoms with Gasteiger partial charge in [0.1, 0.15) is 17.4 Å². The summed E-state index contributed by atoms with van der Waals surface area (Å²) in [5.74, 6) is -0.703. The van der Waals surface area contributed by atoms with Gasteiger partial charge in [-0.1, -0.05) is 12.1 Å². The lowest BCUT2D eigenvalue weighted by atomic mass is 10.0. The molecule has 2 aromatic rings. The number of carbonyl (C=O) groups is 1. The molecule has 0 aliphatic carbocycles. The lowest BCUT2D eigenvalue weighted by molar-refractivity contribution is -0.139. The molecule has 1 aromatic heterocycles. The molecule has 17 heavy (non-hydrogen) atoms. The maximum absolute atomic E-state index is 10.6. The molecule has 0 fully saturated rings. The van der Waals surface area contributed by atoms with E-state index in [1.807, 2.05) is 32.0 Å². The van der Waals surface area contributed by atoms with E-state index in [1.54, 1.807) is 0 Å². The van der Waals surface area contributed by atoms with E-state index in [0.29, 0.717) is 11.3 Å². The molecule has 4 nitrogen and oxygen atoms in total. The second kappa shape index (κ2) is 4.22. The predicted molar refractivity (Wildman–Crippen MR) is 62.9 cm³/mol. The number of aliphatic hydroxyl groups excluding tert-OH is 1. The van der Waals surface area contributed by atoms with E-state index in [2.05, 4.69) is 0 Å². The second-order valence-electron chi connectivity index (χ2n) is 4.15. The Balaban J connectivity index is 2.52. The van der Waals surface area contributed by atoms with Gasteiger partial charge in [0, 0.05) is 10.9 Å². The molecule has 1 heterocycles. The van der Waals surface area contributed by atoms with Crippen molar-refractivity contribution in [1.82, 2.24) is 0 Å². The molecule has 0 radical (unpaired) electrons. The van der Waals surface area contributed by atoms with Crippen molar-refractivity contribution < 1.29 is 19.4 Å². The molecule has 0 aliphatic rings. The summed E-state index contributed by atoms with van der Waals surface area (Å²) in [6.45, 7) is 3.79. The Bertz CT molecular complexity index is 568. The summed E-state index contributed by atoms with van der Waals surface area (Å²) >= 11 is 0. The summed E-state index contributed by atoms with van der Waals surface area (Å²) in [7, 11) is 0. The molecule has 0 bridgehead atoms. The molecule has 0 aliphatic heterocycles. The van der Waals surface area contributed by atoms with Crippen molar-refractivity contribution in [1.29, 1.82) is 0 Å². The number of furan rings is 1. The minimum absolute atomic E-state index is 0.344. The van der Waals surface area contributed by atoms with Gasteiger partial charge in [-0.2, -0.15) is 0 Å². The van der Waals surface area contributed by atoms with Crippen molar-refractivity contribution in [2.45, 2.75) is 26.4 Å². The van der Waals surface area contributed by atoms with E-state index in [9.17, 15) is 9.90 Å². The number of aryl methyl sites for hydroxylation is 2. The van der Waals surface area contributed by atoms with Crippen LogP contribution in [0.15, 0.2) is 22.6 Å². The lowest BCUT2D eigenvalue weighted by Gasteiger charge is -2.05. The van der Waals surface area contributed by atoms with Crippen LogP contribution >= 0.6 is 0 Å². The van der Waals surface area contributed by atoms with Crippen LogP contribution in [0.1, 0.15) is 29.4 Å². The zero-order chi connectivity index (χ0) is 12.6. The summed E-state index contributed by atoms with van der Waals surface area (Å²) in [5.41, 5.74) is 2.55. The summed E-state index contributed by atoms with van der Waals surface area (Å²) in [6.07, 6.45) is -1.45. The summed E-state index contributed by atoms with van der Waals surface area (Å²) < 4.78 is 5.53. The molecule has 90 valence electrons. The fourth-order valence-electron chi connectivity index (χ4n) is 2.10. The minimum Gasteiger partial charge on any atom is -0.481 e. The smallest absolute Gasteiger partial charge is 0.306 e. The number of benzene rings is 1. The summed E-state index contributed by atoms with van der Waals surface area (Å²) in [6, 6.07) is 5.64.